The van der Waals surface area contributed by atoms with Gasteiger partial charge in [0, 0.05) is 49.1 Å². The maximum atomic E-state index is 15.3. The number of nitrogens with zero attached hydrogens (tertiary/aromatic N) is 5. The van der Waals surface area contributed by atoms with Crippen LogP contribution >= 0.6 is 0 Å². The number of aromatic nitrogens is 1. The van der Waals surface area contributed by atoms with Crippen LogP contribution in [0, 0.1) is 5.82 Å². The van der Waals surface area contributed by atoms with Crippen LogP contribution in [-0.4, -0.2) is 49.3 Å². The Morgan fingerprint density at radius 1 is 1.09 bits per heavy atom. The average Bonchev–Trinajstić information content (AvgIpc) is 3.16. The largest absolute Gasteiger partial charge is 0.368 e. The molecule has 0 bridgehead atoms. The number of hydrogen-bond donors (Lipinski definition) is 1. The van der Waals surface area contributed by atoms with E-state index in [1.165, 1.54) is 12.3 Å². The molecule has 0 unspecified atom stereocenters. The number of hydrogen-bond acceptors (Lipinski definition) is 6. The fourth-order valence-electron chi connectivity index (χ4n) is 5.31. The Hall–Kier alpha value is -3.13. The van der Waals surface area contributed by atoms with Gasteiger partial charge in [-0.2, -0.15) is 0 Å². The lowest BCUT2D eigenvalue weighted by Gasteiger charge is -2.30. The van der Waals surface area contributed by atoms with E-state index in [2.05, 4.69) is 39.0 Å². The third kappa shape index (κ3) is 3.70. The Kier molecular flexibility index (Phi) is 5.93. The lowest BCUT2D eigenvalue weighted by atomic mass is 9.73. The number of nitrogens with one attached hydrogen (secondary N) is 1. The van der Waals surface area contributed by atoms with E-state index in [0.717, 1.165) is 56.0 Å². The third-order valence-electron chi connectivity index (χ3n) is 7.42. The summed E-state index contributed by atoms with van der Waals surface area (Å²) in [5.74, 6) is -0.316. The van der Waals surface area contributed by atoms with Gasteiger partial charge in [-0.05, 0) is 49.6 Å². The summed E-state index contributed by atoms with van der Waals surface area (Å²) in [5.41, 5.74) is 3.46. The average molecular weight is 465 g/mol. The van der Waals surface area contributed by atoms with E-state index in [1.807, 2.05) is 31.3 Å². The molecule has 5 rings (SSSR count). The first kappa shape index (κ1) is 22.7. The fourth-order valence-corrected chi connectivity index (χ4v) is 5.31. The molecule has 0 saturated carbocycles. The molecule has 0 radical (unpaired) electrons. The highest BCUT2D eigenvalue weighted by molar-refractivity contribution is 6.13. The van der Waals surface area contributed by atoms with Gasteiger partial charge in [0.2, 0.25) is 0 Å². The second kappa shape index (κ2) is 8.91. The minimum absolute atomic E-state index is 0.168. The van der Waals surface area contributed by atoms with Gasteiger partial charge in [-0.25, -0.2) is 13.8 Å². The smallest absolute Gasteiger partial charge is 0.165 e. The normalized spacial score (nSPS) is 19.5. The van der Waals surface area contributed by atoms with Crippen LogP contribution in [0.2, 0.25) is 0 Å². The number of fused-ring (bicyclic) bond motifs is 1. The number of aliphatic imine (C=N–C) groups is 2. The van der Waals surface area contributed by atoms with E-state index < -0.39 is 11.6 Å². The molecule has 1 aromatic heterocycles. The maximum Gasteiger partial charge on any atom is 0.165 e. The van der Waals surface area contributed by atoms with Crippen molar-refractivity contribution in [2.75, 3.05) is 42.6 Å². The molecule has 0 spiro atoms. The molecule has 3 aliphatic rings. The van der Waals surface area contributed by atoms with Gasteiger partial charge in [-0.15, -0.1) is 0 Å². The first-order chi connectivity index (χ1) is 16.5. The molecule has 1 fully saturated rings. The first-order valence-electron chi connectivity index (χ1n) is 12.0. The van der Waals surface area contributed by atoms with Gasteiger partial charge in [0.25, 0.3) is 0 Å². The first-order valence-corrected chi connectivity index (χ1v) is 12.0. The highest BCUT2D eigenvalue weighted by Crippen LogP contribution is 2.46. The number of piperazine rings is 1. The van der Waals surface area contributed by atoms with Gasteiger partial charge >= 0.3 is 0 Å². The molecular weight excluding hydrogens is 434 g/mol. The van der Waals surface area contributed by atoms with Crippen LogP contribution in [0.3, 0.4) is 0 Å². The van der Waals surface area contributed by atoms with Gasteiger partial charge in [-0.3, -0.25) is 9.98 Å². The zero-order valence-electron chi connectivity index (χ0n) is 19.9. The SMILES string of the molecule is CCC1(CC)C(C)=Nc2c(F)cc(C3=NCN(c4ccc(N5CCNCC5)cn4)C=C3F)cc21. The molecule has 34 heavy (non-hydrogen) atoms. The number of benzene rings is 1. The summed E-state index contributed by atoms with van der Waals surface area (Å²) in [6, 6.07) is 7.10. The number of anilines is 2. The standard InChI is InChI=1S/C26H30F2N6/c1-4-26(5-2)17(3)32-25-20(26)12-18(13-21(25)27)24-22(28)15-34(16-31-24)23-7-6-19(14-30-23)33-10-8-29-9-11-33/h6-7,12-15,29H,4-5,8-11,16H2,1-3H3. The zero-order valence-corrected chi connectivity index (χ0v) is 19.9. The molecule has 4 heterocycles. The Labute approximate surface area is 199 Å². The van der Waals surface area contributed by atoms with Crippen LogP contribution in [-0.2, 0) is 5.41 Å². The van der Waals surface area contributed by atoms with Crippen molar-refractivity contribution in [2.45, 2.75) is 39.0 Å². The molecule has 6 nitrogen and oxygen atoms in total. The lowest BCUT2D eigenvalue weighted by Crippen LogP contribution is -2.43. The summed E-state index contributed by atoms with van der Waals surface area (Å²) in [6.45, 7) is 10.1. The second-order valence-electron chi connectivity index (χ2n) is 9.05. The van der Waals surface area contributed by atoms with E-state index in [4.69, 9.17) is 0 Å². The number of pyridine rings is 1. The van der Waals surface area contributed by atoms with E-state index in [-0.39, 0.29) is 17.8 Å². The van der Waals surface area contributed by atoms with Crippen molar-refractivity contribution in [2.24, 2.45) is 9.98 Å². The molecule has 178 valence electrons. The molecule has 1 aromatic carbocycles. The molecule has 8 heteroatoms. The van der Waals surface area contributed by atoms with Crippen LogP contribution in [0.5, 0.6) is 0 Å². The predicted molar refractivity (Wildman–Crippen MR) is 134 cm³/mol. The minimum Gasteiger partial charge on any atom is -0.368 e. The van der Waals surface area contributed by atoms with Gasteiger partial charge in [0.05, 0.1) is 11.9 Å². The Morgan fingerprint density at radius 2 is 1.85 bits per heavy atom. The topological polar surface area (TPSA) is 56.1 Å². The lowest BCUT2D eigenvalue weighted by molar-refractivity contribution is 0.539. The molecule has 2 aromatic rings. The van der Waals surface area contributed by atoms with Crippen molar-refractivity contribution in [1.82, 2.24) is 10.3 Å². The van der Waals surface area contributed by atoms with Crippen molar-refractivity contribution in [3.63, 3.8) is 0 Å². The predicted octanol–water partition coefficient (Wildman–Crippen LogP) is 4.87. The zero-order chi connectivity index (χ0) is 23.9. The van der Waals surface area contributed by atoms with E-state index >= 15 is 8.78 Å². The van der Waals surface area contributed by atoms with Gasteiger partial charge in [-0.1, -0.05) is 13.8 Å². The monoisotopic (exact) mass is 464 g/mol. The quantitative estimate of drug-likeness (QED) is 0.686. The molecule has 1 N–H and O–H groups in total. The number of rotatable bonds is 5. The molecule has 0 aliphatic carbocycles. The van der Waals surface area contributed by atoms with Crippen molar-refractivity contribution in [3.8, 4) is 0 Å². The van der Waals surface area contributed by atoms with Crippen molar-refractivity contribution < 1.29 is 8.78 Å². The molecule has 3 aliphatic heterocycles. The Bertz CT molecular complexity index is 1170. The minimum atomic E-state index is -0.507. The fraction of sp³-hybridized carbons (Fsp3) is 0.423. The van der Waals surface area contributed by atoms with Crippen LogP contribution in [0.4, 0.5) is 26.0 Å². The highest BCUT2D eigenvalue weighted by atomic mass is 19.1. The summed E-state index contributed by atoms with van der Waals surface area (Å²) >= 11 is 0. The van der Waals surface area contributed by atoms with Crippen molar-refractivity contribution in [1.29, 1.82) is 0 Å². The second-order valence-corrected chi connectivity index (χ2v) is 9.05. The molecular formula is C26H30F2N6. The van der Waals surface area contributed by atoms with Crippen LogP contribution in [0.1, 0.15) is 44.7 Å². The van der Waals surface area contributed by atoms with E-state index in [1.54, 1.807) is 4.90 Å². The van der Waals surface area contributed by atoms with Crippen molar-refractivity contribution >= 4 is 28.6 Å². The Morgan fingerprint density at radius 3 is 2.50 bits per heavy atom. The third-order valence-corrected chi connectivity index (χ3v) is 7.42. The van der Waals surface area contributed by atoms with Crippen molar-refractivity contribution in [3.05, 3.63) is 59.4 Å². The summed E-state index contributed by atoms with van der Waals surface area (Å²) in [4.78, 5) is 17.5. The van der Waals surface area contributed by atoms with Crippen LogP contribution < -0.4 is 15.1 Å². The molecule has 1 saturated heterocycles. The number of halogens is 2. The maximum absolute atomic E-state index is 15.3. The van der Waals surface area contributed by atoms with Crippen LogP contribution in [0.15, 0.2) is 52.5 Å². The van der Waals surface area contributed by atoms with Crippen LogP contribution in [0.25, 0.3) is 0 Å². The van der Waals surface area contributed by atoms with Gasteiger partial charge in [0.1, 0.15) is 29.7 Å². The summed E-state index contributed by atoms with van der Waals surface area (Å²) < 4.78 is 30.3. The summed E-state index contributed by atoms with van der Waals surface area (Å²) in [5, 5.41) is 3.34. The van der Waals surface area contributed by atoms with Gasteiger partial charge in [0.15, 0.2) is 5.83 Å². The van der Waals surface area contributed by atoms with E-state index in [9.17, 15) is 0 Å². The van der Waals surface area contributed by atoms with E-state index in [0.29, 0.717) is 17.1 Å². The van der Waals surface area contributed by atoms with Gasteiger partial charge < -0.3 is 15.1 Å². The summed E-state index contributed by atoms with van der Waals surface area (Å²) in [6.07, 6.45) is 4.83. The number of allylic oxidation sites excluding steroid dienone is 1. The summed E-state index contributed by atoms with van der Waals surface area (Å²) in [7, 11) is 0. The Balaban J connectivity index is 1.39. The highest BCUT2D eigenvalue weighted by Gasteiger charge is 2.40. The molecule has 0 amide bonds. The molecule has 0 atom stereocenters.